The summed E-state index contributed by atoms with van der Waals surface area (Å²) in [5.41, 5.74) is 5.64. The van der Waals surface area contributed by atoms with Crippen LogP contribution >= 0.6 is 0 Å². The highest BCUT2D eigenvalue weighted by Gasteiger charge is 2.28. The highest BCUT2D eigenvalue weighted by atomic mass is 16.2. The maximum atomic E-state index is 12.8. The summed E-state index contributed by atoms with van der Waals surface area (Å²) in [4.78, 5) is 17.5. The van der Waals surface area contributed by atoms with Gasteiger partial charge < -0.3 is 10.6 Å². The molecule has 2 aliphatic rings. The quantitative estimate of drug-likeness (QED) is 0.814. The van der Waals surface area contributed by atoms with Crippen LogP contribution < -0.4 is 10.6 Å². The summed E-state index contributed by atoms with van der Waals surface area (Å²) in [5.74, 6) is 2.53. The van der Waals surface area contributed by atoms with Crippen molar-refractivity contribution in [3.05, 3.63) is 76.9 Å². The summed E-state index contributed by atoms with van der Waals surface area (Å²) in [5, 5.41) is 6.36. The molecule has 1 amide bonds. The second-order valence-electron chi connectivity index (χ2n) is 7.31. The Morgan fingerprint density at radius 1 is 1.18 bits per heavy atom. The summed E-state index contributed by atoms with van der Waals surface area (Å²) in [6.07, 6.45) is 8.35. The minimum absolute atomic E-state index is 0.110. The lowest BCUT2D eigenvalue weighted by atomic mass is 9.93. The van der Waals surface area contributed by atoms with E-state index in [0.717, 1.165) is 41.8 Å². The molecule has 1 saturated heterocycles. The third-order valence-electron chi connectivity index (χ3n) is 5.26. The number of aryl methyl sites for hydroxylation is 1. The molecule has 140 valence electrons. The highest BCUT2D eigenvalue weighted by molar-refractivity contribution is 6.45. The fraction of sp³-hybridized carbons (Fsp3) is 0.250. The van der Waals surface area contributed by atoms with Gasteiger partial charge in [0, 0.05) is 18.2 Å². The first-order chi connectivity index (χ1) is 13.6. The standard InChI is InChI=1S/C24H23N3O/c1-3-17-6-10-19(11-7-17)23-21(18-8-4-16(2)5-9-18)14-22(27-23)24(28)26-20-12-13-25-15-20/h1,4-11,14,20,23,25H,12-13,15H2,2H3,(H,26,28)/t20-,23?/m1/s1. The molecule has 2 heterocycles. The molecule has 4 heteroatoms. The smallest absolute Gasteiger partial charge is 0.269 e. The van der Waals surface area contributed by atoms with E-state index < -0.39 is 0 Å². The Balaban J connectivity index is 1.66. The van der Waals surface area contributed by atoms with Crippen LogP contribution in [0.1, 0.15) is 34.7 Å². The number of nitrogens with one attached hydrogen (secondary N) is 2. The molecule has 0 aromatic heterocycles. The second kappa shape index (κ2) is 7.84. The highest BCUT2D eigenvalue weighted by Crippen LogP contribution is 2.37. The number of benzene rings is 2. The molecule has 2 atom stereocenters. The van der Waals surface area contributed by atoms with Crippen LogP contribution in [0.5, 0.6) is 0 Å². The van der Waals surface area contributed by atoms with E-state index in [4.69, 9.17) is 11.4 Å². The van der Waals surface area contributed by atoms with E-state index >= 15 is 0 Å². The molecule has 4 nitrogen and oxygen atoms in total. The molecule has 0 saturated carbocycles. The van der Waals surface area contributed by atoms with E-state index in [0.29, 0.717) is 5.71 Å². The number of rotatable bonds is 4. The molecule has 0 bridgehead atoms. The van der Waals surface area contributed by atoms with E-state index in [9.17, 15) is 4.79 Å². The lowest BCUT2D eigenvalue weighted by Crippen LogP contribution is -2.39. The minimum atomic E-state index is -0.211. The Hall–Kier alpha value is -3.16. The molecular weight excluding hydrogens is 346 g/mol. The van der Waals surface area contributed by atoms with Crippen molar-refractivity contribution in [2.24, 2.45) is 4.99 Å². The van der Waals surface area contributed by atoms with E-state index in [-0.39, 0.29) is 18.0 Å². The molecule has 0 radical (unpaired) electrons. The molecular formula is C24H23N3O. The summed E-state index contributed by atoms with van der Waals surface area (Å²) < 4.78 is 0. The summed E-state index contributed by atoms with van der Waals surface area (Å²) in [6, 6.07) is 16.1. The van der Waals surface area contributed by atoms with Gasteiger partial charge in [0.15, 0.2) is 0 Å². The molecule has 2 N–H and O–H groups in total. The molecule has 1 unspecified atom stereocenters. The van der Waals surface area contributed by atoms with Gasteiger partial charge in [-0.25, -0.2) is 0 Å². The van der Waals surface area contributed by atoms with Gasteiger partial charge in [0.2, 0.25) is 0 Å². The number of carbonyl (C=O) groups is 1. The maximum Gasteiger partial charge on any atom is 0.269 e. The average Bonchev–Trinajstić information content (AvgIpc) is 3.39. The first-order valence-corrected chi connectivity index (χ1v) is 9.58. The van der Waals surface area contributed by atoms with Crippen LogP contribution in [0.15, 0.2) is 59.6 Å². The van der Waals surface area contributed by atoms with Gasteiger partial charge in [-0.1, -0.05) is 47.9 Å². The number of carbonyl (C=O) groups excluding carboxylic acids is 1. The monoisotopic (exact) mass is 369 g/mol. The van der Waals surface area contributed by atoms with E-state index in [1.165, 1.54) is 5.56 Å². The van der Waals surface area contributed by atoms with Crippen LogP contribution in [-0.2, 0) is 4.79 Å². The van der Waals surface area contributed by atoms with Crippen molar-refractivity contribution in [2.75, 3.05) is 13.1 Å². The van der Waals surface area contributed by atoms with Crippen molar-refractivity contribution in [1.29, 1.82) is 0 Å². The average molecular weight is 369 g/mol. The van der Waals surface area contributed by atoms with Crippen molar-refractivity contribution < 1.29 is 4.79 Å². The molecule has 0 spiro atoms. The van der Waals surface area contributed by atoms with Gasteiger partial charge in [0.25, 0.3) is 5.91 Å². The Bertz CT molecular complexity index is 972. The van der Waals surface area contributed by atoms with Gasteiger partial charge in [0.1, 0.15) is 11.8 Å². The van der Waals surface area contributed by atoms with Gasteiger partial charge >= 0.3 is 0 Å². The largest absolute Gasteiger partial charge is 0.347 e. The van der Waals surface area contributed by atoms with Gasteiger partial charge in [-0.05, 0) is 54.8 Å². The zero-order valence-electron chi connectivity index (χ0n) is 15.9. The van der Waals surface area contributed by atoms with Gasteiger partial charge in [-0.2, -0.15) is 0 Å². The number of nitrogens with zero attached hydrogens (tertiary/aromatic N) is 1. The van der Waals surface area contributed by atoms with Crippen LogP contribution in [0.4, 0.5) is 0 Å². The Labute approximate surface area is 165 Å². The third-order valence-corrected chi connectivity index (χ3v) is 5.26. The normalized spacial score (nSPS) is 21.0. The van der Waals surface area contributed by atoms with Crippen molar-refractivity contribution in [3.8, 4) is 12.3 Å². The summed E-state index contributed by atoms with van der Waals surface area (Å²) >= 11 is 0. The topological polar surface area (TPSA) is 53.5 Å². The van der Waals surface area contributed by atoms with Crippen LogP contribution in [-0.4, -0.2) is 30.8 Å². The van der Waals surface area contributed by atoms with Crippen molar-refractivity contribution in [1.82, 2.24) is 10.6 Å². The lowest BCUT2D eigenvalue weighted by Gasteiger charge is -2.14. The van der Waals surface area contributed by atoms with Gasteiger partial charge in [-0.3, -0.25) is 9.79 Å². The Morgan fingerprint density at radius 3 is 2.57 bits per heavy atom. The zero-order chi connectivity index (χ0) is 19.5. The number of aliphatic imine (C=N–C) groups is 1. The number of hydrogen-bond donors (Lipinski definition) is 2. The van der Waals surface area contributed by atoms with Gasteiger partial charge in [-0.15, -0.1) is 6.42 Å². The molecule has 4 rings (SSSR count). The first-order valence-electron chi connectivity index (χ1n) is 9.58. The minimum Gasteiger partial charge on any atom is -0.347 e. The second-order valence-corrected chi connectivity index (χ2v) is 7.31. The van der Waals surface area contributed by atoms with Crippen molar-refractivity contribution in [3.63, 3.8) is 0 Å². The fourth-order valence-electron chi connectivity index (χ4n) is 3.64. The fourth-order valence-corrected chi connectivity index (χ4v) is 3.64. The van der Waals surface area contributed by atoms with E-state index in [1.807, 2.05) is 30.3 Å². The van der Waals surface area contributed by atoms with Crippen LogP contribution in [0, 0.1) is 19.3 Å². The van der Waals surface area contributed by atoms with Crippen molar-refractivity contribution in [2.45, 2.75) is 25.4 Å². The Kier molecular flexibility index (Phi) is 5.10. The third kappa shape index (κ3) is 3.76. The molecule has 2 aromatic rings. The van der Waals surface area contributed by atoms with Crippen molar-refractivity contribution >= 4 is 17.2 Å². The molecule has 0 aliphatic carbocycles. The molecule has 28 heavy (non-hydrogen) atoms. The predicted molar refractivity (Wildman–Crippen MR) is 113 cm³/mol. The maximum absolute atomic E-state index is 12.8. The summed E-state index contributed by atoms with van der Waals surface area (Å²) in [7, 11) is 0. The number of terminal acetylenes is 1. The molecule has 1 fully saturated rings. The van der Waals surface area contributed by atoms with Crippen LogP contribution in [0.2, 0.25) is 0 Å². The summed E-state index contributed by atoms with van der Waals surface area (Å²) in [6.45, 7) is 3.81. The van der Waals surface area contributed by atoms with Crippen LogP contribution in [0.3, 0.4) is 0 Å². The molecule has 2 aromatic carbocycles. The van der Waals surface area contributed by atoms with Gasteiger partial charge in [0.05, 0.1) is 0 Å². The van der Waals surface area contributed by atoms with Crippen LogP contribution in [0.25, 0.3) is 5.57 Å². The lowest BCUT2D eigenvalue weighted by molar-refractivity contribution is -0.115. The number of amides is 1. The van der Waals surface area contributed by atoms with E-state index in [1.54, 1.807) is 0 Å². The zero-order valence-corrected chi connectivity index (χ0v) is 15.9. The first kappa shape index (κ1) is 18.2. The molecule has 2 aliphatic heterocycles. The van der Waals surface area contributed by atoms with E-state index in [2.05, 4.69) is 47.7 Å². The predicted octanol–water partition coefficient (Wildman–Crippen LogP) is 3.03. The Morgan fingerprint density at radius 2 is 1.93 bits per heavy atom. The SMILES string of the molecule is C#Cc1ccc(C2N=C(C(=O)N[C@@H]3CCNC3)C=C2c2ccc(C)cc2)cc1. The number of hydrogen-bond acceptors (Lipinski definition) is 3.